The summed E-state index contributed by atoms with van der Waals surface area (Å²) in [6.07, 6.45) is 26.2. The van der Waals surface area contributed by atoms with Gasteiger partial charge in [-0.2, -0.15) is 0 Å². The molecule has 0 aliphatic heterocycles. The van der Waals surface area contributed by atoms with E-state index in [1.807, 2.05) is 0 Å². The number of ether oxygens (including phenoxy) is 1. The maximum Gasteiger partial charge on any atom is 0.0647 e. The lowest BCUT2D eigenvalue weighted by molar-refractivity contribution is 0.0799. The standard InChI is InChI=1S/C24H42O/c1-3-5-7-8-9-10-21-11-15-23(16-12-21)24-17-13-22(14-18-24)20-25-19-6-4-2/h4,6,9-10,21-24H,3,5,7-8,11-20H2,1-2H3. The van der Waals surface area contributed by atoms with Gasteiger partial charge >= 0.3 is 0 Å². The Morgan fingerprint density at radius 2 is 1.52 bits per heavy atom. The van der Waals surface area contributed by atoms with E-state index in [9.17, 15) is 0 Å². The number of unbranched alkanes of at least 4 members (excludes halogenated alkanes) is 3. The first-order chi connectivity index (χ1) is 12.3. The summed E-state index contributed by atoms with van der Waals surface area (Å²) in [5.74, 6) is 3.74. The van der Waals surface area contributed by atoms with Gasteiger partial charge in [0.15, 0.2) is 0 Å². The minimum atomic E-state index is 0.798. The van der Waals surface area contributed by atoms with Crippen LogP contribution in [0.1, 0.15) is 90.9 Å². The predicted octanol–water partition coefficient (Wildman–Crippen LogP) is 7.33. The Morgan fingerprint density at radius 1 is 0.840 bits per heavy atom. The van der Waals surface area contributed by atoms with E-state index in [4.69, 9.17) is 4.74 Å². The number of allylic oxidation sites excluding steroid dienone is 3. The van der Waals surface area contributed by atoms with Gasteiger partial charge in [-0.05, 0) is 94.8 Å². The molecule has 0 radical (unpaired) electrons. The second-order valence-corrected chi connectivity index (χ2v) is 8.49. The van der Waals surface area contributed by atoms with Crippen LogP contribution in [0.5, 0.6) is 0 Å². The molecule has 0 aromatic rings. The van der Waals surface area contributed by atoms with E-state index in [1.165, 1.54) is 77.0 Å². The molecule has 1 nitrogen and oxygen atoms in total. The van der Waals surface area contributed by atoms with E-state index < -0.39 is 0 Å². The highest BCUT2D eigenvalue weighted by Crippen LogP contribution is 2.41. The summed E-state index contributed by atoms with van der Waals surface area (Å²) in [6.45, 7) is 6.12. The van der Waals surface area contributed by atoms with Crippen LogP contribution >= 0.6 is 0 Å². The fraction of sp³-hybridized carbons (Fsp3) is 0.833. The summed E-state index contributed by atoms with van der Waals surface area (Å²) in [5.41, 5.74) is 0. The third-order valence-corrected chi connectivity index (χ3v) is 6.56. The molecule has 2 rings (SSSR count). The van der Waals surface area contributed by atoms with Crippen LogP contribution < -0.4 is 0 Å². The lowest BCUT2D eigenvalue weighted by atomic mass is 9.69. The van der Waals surface area contributed by atoms with Crippen LogP contribution in [0.15, 0.2) is 24.3 Å². The first-order valence-corrected chi connectivity index (χ1v) is 11.2. The van der Waals surface area contributed by atoms with Crippen LogP contribution in [-0.2, 0) is 4.74 Å². The van der Waals surface area contributed by atoms with Crippen LogP contribution in [0.4, 0.5) is 0 Å². The third-order valence-electron chi connectivity index (χ3n) is 6.56. The topological polar surface area (TPSA) is 9.23 Å². The Labute approximate surface area is 157 Å². The minimum Gasteiger partial charge on any atom is -0.377 e. The lowest BCUT2D eigenvalue weighted by Crippen LogP contribution is -2.26. The monoisotopic (exact) mass is 346 g/mol. The summed E-state index contributed by atoms with van der Waals surface area (Å²) in [5, 5.41) is 0. The molecule has 0 N–H and O–H groups in total. The van der Waals surface area contributed by atoms with Crippen molar-refractivity contribution in [1.82, 2.24) is 0 Å². The highest BCUT2D eigenvalue weighted by molar-refractivity contribution is 4.92. The first-order valence-electron chi connectivity index (χ1n) is 11.2. The van der Waals surface area contributed by atoms with Gasteiger partial charge in [0.05, 0.1) is 6.61 Å². The average molecular weight is 347 g/mol. The summed E-state index contributed by atoms with van der Waals surface area (Å²) >= 11 is 0. The molecular weight excluding hydrogens is 304 g/mol. The zero-order chi connectivity index (χ0) is 17.7. The molecule has 0 aromatic heterocycles. The Hall–Kier alpha value is -0.560. The Morgan fingerprint density at radius 3 is 2.16 bits per heavy atom. The molecule has 2 aliphatic rings. The molecule has 0 bridgehead atoms. The van der Waals surface area contributed by atoms with Crippen molar-refractivity contribution in [3.05, 3.63) is 24.3 Å². The Balaban J connectivity index is 1.57. The van der Waals surface area contributed by atoms with Gasteiger partial charge in [-0.3, -0.25) is 0 Å². The molecule has 0 amide bonds. The van der Waals surface area contributed by atoms with Gasteiger partial charge in [-0.15, -0.1) is 0 Å². The summed E-state index contributed by atoms with van der Waals surface area (Å²) in [7, 11) is 0. The molecule has 25 heavy (non-hydrogen) atoms. The molecule has 2 fully saturated rings. The van der Waals surface area contributed by atoms with E-state index in [0.717, 1.165) is 36.9 Å². The maximum atomic E-state index is 5.78. The number of hydrogen-bond donors (Lipinski definition) is 0. The fourth-order valence-electron chi connectivity index (χ4n) is 4.83. The smallest absolute Gasteiger partial charge is 0.0647 e. The van der Waals surface area contributed by atoms with Crippen molar-refractivity contribution in [2.75, 3.05) is 13.2 Å². The van der Waals surface area contributed by atoms with E-state index in [0.29, 0.717) is 0 Å². The third kappa shape index (κ3) is 8.11. The number of rotatable bonds is 10. The van der Waals surface area contributed by atoms with Crippen LogP contribution in [0.25, 0.3) is 0 Å². The van der Waals surface area contributed by atoms with Crippen molar-refractivity contribution in [3.8, 4) is 0 Å². The molecule has 0 heterocycles. The molecule has 144 valence electrons. The zero-order valence-corrected chi connectivity index (χ0v) is 16.9. The predicted molar refractivity (Wildman–Crippen MR) is 110 cm³/mol. The SMILES string of the molecule is CC=CCOCC1CCC(C2CCC(C=CCCCCC)CC2)CC1. The van der Waals surface area contributed by atoms with Crippen LogP contribution in [0, 0.1) is 23.7 Å². The van der Waals surface area contributed by atoms with Gasteiger partial charge in [-0.25, -0.2) is 0 Å². The van der Waals surface area contributed by atoms with Crippen molar-refractivity contribution >= 4 is 0 Å². The zero-order valence-electron chi connectivity index (χ0n) is 16.9. The van der Waals surface area contributed by atoms with E-state index in [1.54, 1.807) is 0 Å². The summed E-state index contributed by atoms with van der Waals surface area (Å²) < 4.78 is 5.78. The van der Waals surface area contributed by atoms with Crippen molar-refractivity contribution < 1.29 is 4.74 Å². The van der Waals surface area contributed by atoms with Crippen LogP contribution in [0.2, 0.25) is 0 Å². The Kier molecular flexibility index (Phi) is 10.6. The van der Waals surface area contributed by atoms with E-state index >= 15 is 0 Å². The van der Waals surface area contributed by atoms with E-state index in [2.05, 4.69) is 38.2 Å². The molecule has 2 aliphatic carbocycles. The normalized spacial score (nSPS) is 31.1. The summed E-state index contributed by atoms with van der Waals surface area (Å²) in [4.78, 5) is 0. The average Bonchev–Trinajstić information content (AvgIpc) is 2.66. The fourth-order valence-corrected chi connectivity index (χ4v) is 4.83. The molecule has 2 saturated carbocycles. The maximum absolute atomic E-state index is 5.78. The largest absolute Gasteiger partial charge is 0.377 e. The highest BCUT2D eigenvalue weighted by atomic mass is 16.5. The van der Waals surface area contributed by atoms with Gasteiger partial charge in [0.25, 0.3) is 0 Å². The van der Waals surface area contributed by atoms with Crippen LogP contribution in [0.3, 0.4) is 0 Å². The van der Waals surface area contributed by atoms with E-state index in [-0.39, 0.29) is 0 Å². The Bertz CT molecular complexity index is 368. The van der Waals surface area contributed by atoms with Crippen molar-refractivity contribution in [2.45, 2.75) is 90.9 Å². The van der Waals surface area contributed by atoms with Gasteiger partial charge < -0.3 is 4.74 Å². The molecule has 0 spiro atoms. The molecular formula is C24H42O. The lowest BCUT2D eigenvalue weighted by Gasteiger charge is -2.37. The summed E-state index contributed by atoms with van der Waals surface area (Å²) in [6, 6.07) is 0. The van der Waals surface area contributed by atoms with Gasteiger partial charge in [0, 0.05) is 6.61 Å². The second-order valence-electron chi connectivity index (χ2n) is 8.49. The minimum absolute atomic E-state index is 0.798. The van der Waals surface area contributed by atoms with Gasteiger partial charge in [-0.1, -0.05) is 44.1 Å². The van der Waals surface area contributed by atoms with Gasteiger partial charge in [0.2, 0.25) is 0 Å². The second kappa shape index (κ2) is 12.7. The van der Waals surface area contributed by atoms with Crippen molar-refractivity contribution in [3.63, 3.8) is 0 Å². The molecule has 0 aromatic carbocycles. The molecule has 0 unspecified atom stereocenters. The highest BCUT2D eigenvalue weighted by Gasteiger charge is 2.30. The molecule has 1 heteroatoms. The van der Waals surface area contributed by atoms with Crippen molar-refractivity contribution in [2.24, 2.45) is 23.7 Å². The molecule has 0 saturated heterocycles. The van der Waals surface area contributed by atoms with Crippen LogP contribution in [-0.4, -0.2) is 13.2 Å². The number of hydrogen-bond acceptors (Lipinski definition) is 1. The van der Waals surface area contributed by atoms with Crippen molar-refractivity contribution in [1.29, 1.82) is 0 Å². The van der Waals surface area contributed by atoms with Gasteiger partial charge in [0.1, 0.15) is 0 Å². The quantitative estimate of drug-likeness (QED) is 0.297. The molecule has 0 atom stereocenters. The first kappa shape index (κ1) is 20.7.